The lowest BCUT2D eigenvalue weighted by Crippen LogP contribution is -2.12. The number of aryl methyl sites for hydroxylation is 2. The molecule has 1 aliphatic rings. The van der Waals surface area contributed by atoms with Gasteiger partial charge in [0.25, 0.3) is 5.91 Å². The molecule has 0 atom stereocenters. The van der Waals surface area contributed by atoms with E-state index in [1.807, 2.05) is 11.4 Å². The van der Waals surface area contributed by atoms with Gasteiger partial charge in [-0.1, -0.05) is 12.1 Å². The van der Waals surface area contributed by atoms with E-state index in [-0.39, 0.29) is 5.56 Å². The number of aromatic nitrogens is 1. The first-order chi connectivity index (χ1) is 13.4. The summed E-state index contributed by atoms with van der Waals surface area (Å²) in [5.41, 5.74) is 3.90. The Morgan fingerprint density at radius 1 is 1.00 bits per heavy atom. The maximum Gasteiger partial charge on any atom is 0.416 e. The zero-order valence-corrected chi connectivity index (χ0v) is 15.7. The fraction of sp³-hybridized carbons (Fsp3) is 0.238. The molecule has 144 valence electrons. The highest BCUT2D eigenvalue weighted by atomic mass is 32.1. The van der Waals surface area contributed by atoms with Gasteiger partial charge in [-0.15, -0.1) is 11.3 Å². The highest BCUT2D eigenvalue weighted by Crippen LogP contribution is 2.31. The number of carbonyl (C=O) groups is 1. The third-order valence-electron chi connectivity index (χ3n) is 4.84. The molecule has 28 heavy (non-hydrogen) atoms. The maximum absolute atomic E-state index is 12.6. The number of fused-ring (bicyclic) bond motifs is 1. The van der Waals surface area contributed by atoms with Crippen molar-refractivity contribution in [3.8, 4) is 11.3 Å². The summed E-state index contributed by atoms with van der Waals surface area (Å²) in [5, 5.41) is 4.94. The summed E-state index contributed by atoms with van der Waals surface area (Å²) in [6, 6.07) is 10.5. The number of thiazole rings is 1. The number of halogens is 3. The van der Waals surface area contributed by atoms with Gasteiger partial charge in [0.15, 0.2) is 5.13 Å². The molecule has 0 aliphatic heterocycles. The molecule has 1 aromatic heterocycles. The Morgan fingerprint density at radius 2 is 1.71 bits per heavy atom. The van der Waals surface area contributed by atoms with Crippen molar-refractivity contribution in [3.63, 3.8) is 0 Å². The van der Waals surface area contributed by atoms with Crippen LogP contribution in [0.5, 0.6) is 0 Å². The lowest BCUT2D eigenvalue weighted by Gasteiger charge is -2.16. The standard InChI is InChI=1S/C21H17F3N2OS/c22-21(23,24)17-9-7-14(8-10-17)19(27)26-20-25-18(12-28-20)16-6-5-13-3-1-2-4-15(13)11-16/h5-12H,1-4H2,(H,25,26,27). The van der Waals surface area contributed by atoms with Gasteiger partial charge in [0.2, 0.25) is 0 Å². The number of hydrogen-bond donors (Lipinski definition) is 1. The summed E-state index contributed by atoms with van der Waals surface area (Å²) in [7, 11) is 0. The van der Waals surface area contributed by atoms with E-state index >= 15 is 0 Å². The van der Waals surface area contributed by atoms with E-state index in [1.54, 1.807) is 0 Å². The smallest absolute Gasteiger partial charge is 0.298 e. The number of nitrogens with one attached hydrogen (secondary N) is 1. The molecule has 0 spiro atoms. The lowest BCUT2D eigenvalue weighted by molar-refractivity contribution is -0.137. The minimum absolute atomic E-state index is 0.151. The number of amides is 1. The number of nitrogens with zero attached hydrogens (tertiary/aromatic N) is 1. The Morgan fingerprint density at radius 3 is 2.43 bits per heavy atom. The van der Waals surface area contributed by atoms with E-state index in [2.05, 4.69) is 22.4 Å². The molecule has 1 amide bonds. The number of benzene rings is 2. The SMILES string of the molecule is O=C(Nc1nc(-c2ccc3c(c2)CCCC3)cs1)c1ccc(C(F)(F)F)cc1. The van der Waals surface area contributed by atoms with Crippen molar-refractivity contribution in [3.05, 3.63) is 70.1 Å². The van der Waals surface area contributed by atoms with E-state index in [0.29, 0.717) is 5.13 Å². The molecule has 1 aliphatic carbocycles. The third-order valence-corrected chi connectivity index (χ3v) is 5.60. The predicted octanol–water partition coefficient (Wildman–Crippen LogP) is 5.96. The average Bonchev–Trinajstić information content (AvgIpc) is 3.15. The first kappa shape index (κ1) is 18.7. The van der Waals surface area contributed by atoms with Gasteiger partial charge in [-0.3, -0.25) is 10.1 Å². The largest absolute Gasteiger partial charge is 0.416 e. The van der Waals surface area contributed by atoms with E-state index in [9.17, 15) is 18.0 Å². The molecule has 4 rings (SSSR count). The lowest BCUT2D eigenvalue weighted by atomic mass is 9.90. The molecule has 0 unspecified atom stereocenters. The fourth-order valence-electron chi connectivity index (χ4n) is 3.34. The molecule has 0 bridgehead atoms. The van der Waals surface area contributed by atoms with Crippen LogP contribution in [0.3, 0.4) is 0 Å². The van der Waals surface area contributed by atoms with Crippen LogP contribution < -0.4 is 5.32 Å². The van der Waals surface area contributed by atoms with Gasteiger partial charge in [0.05, 0.1) is 11.3 Å². The summed E-state index contributed by atoms with van der Waals surface area (Å²) in [6.45, 7) is 0. The Kier molecular flexibility index (Phi) is 4.93. The van der Waals surface area contributed by atoms with Crippen molar-refractivity contribution >= 4 is 22.4 Å². The van der Waals surface area contributed by atoms with Crippen LogP contribution in [0.4, 0.5) is 18.3 Å². The van der Waals surface area contributed by atoms with Crippen LogP contribution in [-0.2, 0) is 19.0 Å². The maximum atomic E-state index is 12.6. The first-order valence-corrected chi connectivity index (χ1v) is 9.84. The van der Waals surface area contributed by atoms with E-state index in [1.165, 1.54) is 35.3 Å². The topological polar surface area (TPSA) is 42.0 Å². The van der Waals surface area contributed by atoms with Crippen molar-refractivity contribution in [2.24, 2.45) is 0 Å². The van der Waals surface area contributed by atoms with E-state index in [4.69, 9.17) is 0 Å². The van der Waals surface area contributed by atoms with Gasteiger partial charge < -0.3 is 0 Å². The highest BCUT2D eigenvalue weighted by molar-refractivity contribution is 7.14. The second-order valence-corrected chi connectivity index (χ2v) is 7.62. The summed E-state index contributed by atoms with van der Waals surface area (Å²) in [6.07, 6.45) is 0.186. The number of hydrogen-bond acceptors (Lipinski definition) is 3. The van der Waals surface area contributed by atoms with Crippen LogP contribution in [0, 0.1) is 0 Å². The minimum Gasteiger partial charge on any atom is -0.298 e. The zero-order valence-electron chi connectivity index (χ0n) is 14.8. The Labute approximate surface area is 164 Å². The Bertz CT molecular complexity index is 1010. The highest BCUT2D eigenvalue weighted by Gasteiger charge is 2.30. The van der Waals surface area contributed by atoms with Gasteiger partial charge >= 0.3 is 6.18 Å². The summed E-state index contributed by atoms with van der Waals surface area (Å²) < 4.78 is 37.9. The van der Waals surface area contributed by atoms with Crippen LogP contribution in [0.2, 0.25) is 0 Å². The monoisotopic (exact) mass is 402 g/mol. The minimum atomic E-state index is -4.42. The molecule has 1 N–H and O–H groups in total. The van der Waals surface area contributed by atoms with Gasteiger partial charge in [0, 0.05) is 16.5 Å². The van der Waals surface area contributed by atoms with Crippen LogP contribution in [-0.4, -0.2) is 10.9 Å². The number of anilines is 1. The third kappa shape index (κ3) is 3.94. The molecule has 1 heterocycles. The average molecular weight is 402 g/mol. The quantitative estimate of drug-likeness (QED) is 0.587. The Balaban J connectivity index is 1.48. The zero-order chi connectivity index (χ0) is 19.7. The molecule has 7 heteroatoms. The molecule has 3 aromatic rings. The van der Waals surface area contributed by atoms with Gasteiger partial charge in [-0.25, -0.2) is 4.98 Å². The van der Waals surface area contributed by atoms with Crippen molar-refractivity contribution in [2.75, 3.05) is 5.32 Å². The molecule has 0 fully saturated rings. The number of rotatable bonds is 3. The van der Waals surface area contributed by atoms with Crippen molar-refractivity contribution in [2.45, 2.75) is 31.9 Å². The van der Waals surface area contributed by atoms with Gasteiger partial charge in [-0.05, 0) is 67.1 Å². The van der Waals surface area contributed by atoms with E-state index in [0.717, 1.165) is 48.4 Å². The molecule has 2 aromatic carbocycles. The molecule has 0 radical (unpaired) electrons. The Hall–Kier alpha value is -2.67. The van der Waals surface area contributed by atoms with Crippen LogP contribution >= 0.6 is 11.3 Å². The van der Waals surface area contributed by atoms with Crippen molar-refractivity contribution in [1.82, 2.24) is 4.98 Å². The number of carbonyl (C=O) groups excluding carboxylic acids is 1. The van der Waals surface area contributed by atoms with Gasteiger partial charge in [0.1, 0.15) is 0 Å². The summed E-state index contributed by atoms with van der Waals surface area (Å²) >= 11 is 1.29. The normalized spacial score (nSPS) is 13.8. The van der Waals surface area contributed by atoms with Crippen molar-refractivity contribution in [1.29, 1.82) is 0 Å². The second-order valence-electron chi connectivity index (χ2n) is 6.76. The molecule has 3 nitrogen and oxygen atoms in total. The van der Waals surface area contributed by atoms with Crippen LogP contribution in [0.1, 0.15) is 39.9 Å². The predicted molar refractivity (Wildman–Crippen MR) is 104 cm³/mol. The van der Waals surface area contributed by atoms with Crippen LogP contribution in [0.25, 0.3) is 11.3 Å². The fourth-order valence-corrected chi connectivity index (χ4v) is 4.05. The molecular weight excluding hydrogens is 385 g/mol. The summed E-state index contributed by atoms with van der Waals surface area (Å²) in [4.78, 5) is 16.7. The van der Waals surface area contributed by atoms with Crippen molar-refractivity contribution < 1.29 is 18.0 Å². The molecular formula is C21H17F3N2OS. The molecule has 0 saturated carbocycles. The summed E-state index contributed by atoms with van der Waals surface area (Å²) in [5.74, 6) is -0.486. The van der Waals surface area contributed by atoms with E-state index < -0.39 is 17.6 Å². The first-order valence-electron chi connectivity index (χ1n) is 8.96. The van der Waals surface area contributed by atoms with Gasteiger partial charge in [-0.2, -0.15) is 13.2 Å². The number of alkyl halides is 3. The van der Waals surface area contributed by atoms with Crippen LogP contribution in [0.15, 0.2) is 47.8 Å². The second kappa shape index (κ2) is 7.39. The molecule has 0 saturated heterocycles.